The zero-order valence-electron chi connectivity index (χ0n) is 16.1. The number of rotatable bonds is 4. The smallest absolute Gasteiger partial charge is 0.279 e. The number of amides is 2. The number of hydrogen-bond acceptors (Lipinski definition) is 4. The van der Waals surface area contributed by atoms with Crippen molar-refractivity contribution < 1.29 is 9.59 Å². The molecule has 6 nitrogen and oxygen atoms in total. The van der Waals surface area contributed by atoms with Gasteiger partial charge in [0, 0.05) is 11.9 Å². The number of carbonyl (C=O) groups is 2. The summed E-state index contributed by atoms with van der Waals surface area (Å²) in [7, 11) is 1.89. The molecule has 0 spiro atoms. The van der Waals surface area contributed by atoms with E-state index in [0.29, 0.717) is 16.6 Å². The molecule has 2 aromatic heterocycles. The van der Waals surface area contributed by atoms with Gasteiger partial charge in [0.05, 0.1) is 22.3 Å². The normalized spacial score (nSPS) is 16.0. The summed E-state index contributed by atoms with van der Waals surface area (Å²) < 4.78 is 1.90. The first-order chi connectivity index (χ1) is 13.5. The van der Waals surface area contributed by atoms with Gasteiger partial charge in [-0.2, -0.15) is 0 Å². The van der Waals surface area contributed by atoms with Crippen LogP contribution in [0.15, 0.2) is 30.3 Å². The summed E-state index contributed by atoms with van der Waals surface area (Å²) in [6, 6.07) is 9.72. The maximum absolute atomic E-state index is 12.4. The van der Waals surface area contributed by atoms with Crippen LogP contribution in [0.4, 0.5) is 0 Å². The highest BCUT2D eigenvalue weighted by Crippen LogP contribution is 2.33. The maximum atomic E-state index is 12.4. The van der Waals surface area contributed by atoms with Gasteiger partial charge in [-0.3, -0.25) is 20.4 Å². The number of hydrogen-bond donors (Lipinski definition) is 2. The van der Waals surface area contributed by atoms with Gasteiger partial charge >= 0.3 is 0 Å². The van der Waals surface area contributed by atoms with E-state index < -0.39 is 0 Å². The Morgan fingerprint density at radius 1 is 1.29 bits per heavy atom. The molecule has 0 radical (unpaired) electrons. The van der Waals surface area contributed by atoms with E-state index in [-0.39, 0.29) is 18.2 Å². The summed E-state index contributed by atoms with van der Waals surface area (Å²) in [6.07, 6.45) is 4.57. The van der Waals surface area contributed by atoms with Crippen molar-refractivity contribution in [2.24, 2.45) is 13.0 Å². The lowest BCUT2D eigenvalue weighted by molar-refractivity contribution is -0.121. The predicted octanol–water partition coefficient (Wildman–Crippen LogP) is 3.15. The first-order valence-electron chi connectivity index (χ1n) is 9.66. The number of aromatic nitrogens is 2. The second kappa shape index (κ2) is 7.75. The summed E-state index contributed by atoms with van der Waals surface area (Å²) >= 11 is 1.54. The summed E-state index contributed by atoms with van der Waals surface area (Å²) in [4.78, 5) is 31.2. The number of aryl methyl sites for hydroxylation is 2. The molecule has 146 valence electrons. The van der Waals surface area contributed by atoms with E-state index in [0.717, 1.165) is 23.9 Å². The molecular weight excluding hydrogens is 372 g/mol. The van der Waals surface area contributed by atoms with Gasteiger partial charge in [0.2, 0.25) is 5.91 Å². The number of fused-ring (bicyclic) bond motifs is 2. The number of imidazole rings is 1. The molecule has 1 aliphatic carbocycles. The molecule has 0 aliphatic heterocycles. The van der Waals surface area contributed by atoms with Crippen LogP contribution in [0.1, 0.15) is 45.7 Å². The van der Waals surface area contributed by atoms with Gasteiger partial charge in [0.25, 0.3) is 5.91 Å². The van der Waals surface area contributed by atoms with Crippen LogP contribution in [0.25, 0.3) is 11.0 Å². The molecule has 0 fully saturated rings. The monoisotopic (exact) mass is 396 g/mol. The SMILES string of the molecule is CC[C@@H]1CCc2sc(C(=O)NNC(=O)Cc3nc4ccccc4n3C)cc2C1. The number of nitrogens with zero attached hydrogens (tertiary/aromatic N) is 2. The third-order valence-electron chi connectivity index (χ3n) is 5.50. The lowest BCUT2D eigenvalue weighted by Crippen LogP contribution is -2.42. The first-order valence-corrected chi connectivity index (χ1v) is 10.5. The van der Waals surface area contributed by atoms with Gasteiger partial charge in [0.1, 0.15) is 5.82 Å². The Kier molecular flexibility index (Phi) is 5.17. The third-order valence-corrected chi connectivity index (χ3v) is 6.74. The van der Waals surface area contributed by atoms with Crippen molar-refractivity contribution in [3.63, 3.8) is 0 Å². The van der Waals surface area contributed by atoms with Crippen LogP contribution in [0.3, 0.4) is 0 Å². The Morgan fingerprint density at radius 3 is 2.89 bits per heavy atom. The Balaban J connectivity index is 1.36. The molecule has 0 saturated carbocycles. The van der Waals surface area contributed by atoms with Crippen LogP contribution in [-0.2, 0) is 31.1 Å². The molecule has 1 aliphatic rings. The molecule has 0 bridgehead atoms. The Bertz CT molecular complexity index is 1040. The van der Waals surface area contributed by atoms with E-state index in [1.54, 1.807) is 0 Å². The van der Waals surface area contributed by atoms with Crippen molar-refractivity contribution in [3.05, 3.63) is 51.5 Å². The van der Waals surface area contributed by atoms with Gasteiger partial charge in [-0.05, 0) is 48.9 Å². The largest absolute Gasteiger partial charge is 0.331 e. The summed E-state index contributed by atoms with van der Waals surface area (Å²) in [5, 5.41) is 0. The third kappa shape index (κ3) is 3.67. The second-order valence-corrected chi connectivity index (χ2v) is 8.47. The topological polar surface area (TPSA) is 76.0 Å². The minimum absolute atomic E-state index is 0.102. The maximum Gasteiger partial charge on any atom is 0.279 e. The number of thiophene rings is 1. The zero-order chi connectivity index (χ0) is 19.7. The van der Waals surface area contributed by atoms with Gasteiger partial charge in [0.15, 0.2) is 0 Å². The summed E-state index contributed by atoms with van der Waals surface area (Å²) in [5.74, 6) is 0.820. The fourth-order valence-corrected chi connectivity index (χ4v) is 4.89. The van der Waals surface area contributed by atoms with Gasteiger partial charge in [-0.25, -0.2) is 4.98 Å². The fourth-order valence-electron chi connectivity index (χ4n) is 3.79. The second-order valence-electron chi connectivity index (χ2n) is 7.33. The molecule has 0 unspecified atom stereocenters. The number of carbonyl (C=O) groups excluding carboxylic acids is 2. The number of benzene rings is 1. The Hall–Kier alpha value is -2.67. The molecule has 2 amide bonds. The number of nitrogens with one attached hydrogen (secondary N) is 2. The lowest BCUT2D eigenvalue weighted by atomic mass is 9.87. The van der Waals surface area contributed by atoms with Crippen LogP contribution < -0.4 is 10.9 Å². The van der Waals surface area contributed by atoms with Gasteiger partial charge in [-0.1, -0.05) is 25.5 Å². The van der Waals surface area contributed by atoms with Crippen molar-refractivity contribution in [2.75, 3.05) is 0 Å². The van der Waals surface area contributed by atoms with Crippen molar-refractivity contribution in [1.29, 1.82) is 0 Å². The van der Waals surface area contributed by atoms with E-state index in [1.165, 1.54) is 34.6 Å². The van der Waals surface area contributed by atoms with E-state index in [2.05, 4.69) is 22.8 Å². The van der Waals surface area contributed by atoms with Crippen LogP contribution in [0, 0.1) is 5.92 Å². The molecule has 2 heterocycles. The number of para-hydroxylation sites is 2. The van der Waals surface area contributed by atoms with E-state index >= 15 is 0 Å². The summed E-state index contributed by atoms with van der Waals surface area (Å²) in [6.45, 7) is 2.22. The van der Waals surface area contributed by atoms with Gasteiger partial charge < -0.3 is 4.57 Å². The van der Waals surface area contributed by atoms with Crippen LogP contribution >= 0.6 is 11.3 Å². The van der Waals surface area contributed by atoms with Gasteiger partial charge in [-0.15, -0.1) is 11.3 Å². The molecule has 1 atom stereocenters. The van der Waals surface area contributed by atoms with Crippen molar-refractivity contribution >= 4 is 34.2 Å². The molecule has 28 heavy (non-hydrogen) atoms. The standard InChI is InChI=1S/C21H24N4O2S/c1-3-13-8-9-17-14(10-13)11-18(28-17)21(27)24-23-20(26)12-19-22-15-6-4-5-7-16(15)25(19)2/h4-7,11,13H,3,8-10,12H2,1-2H3,(H,23,26)(H,24,27)/t13-/m1/s1. The average molecular weight is 397 g/mol. The molecule has 3 aromatic rings. The average Bonchev–Trinajstić information content (AvgIpc) is 3.27. The van der Waals surface area contributed by atoms with Crippen LogP contribution in [0.5, 0.6) is 0 Å². The molecule has 7 heteroatoms. The van der Waals surface area contributed by atoms with E-state index in [4.69, 9.17) is 0 Å². The molecule has 0 saturated heterocycles. The van der Waals surface area contributed by atoms with E-state index in [1.807, 2.05) is 41.9 Å². The van der Waals surface area contributed by atoms with Crippen molar-refractivity contribution in [1.82, 2.24) is 20.4 Å². The minimum Gasteiger partial charge on any atom is -0.331 e. The quantitative estimate of drug-likeness (QED) is 0.665. The molecule has 4 rings (SSSR count). The highest BCUT2D eigenvalue weighted by atomic mass is 32.1. The molecule has 1 aromatic carbocycles. The molecule has 2 N–H and O–H groups in total. The zero-order valence-corrected chi connectivity index (χ0v) is 16.9. The van der Waals surface area contributed by atoms with Crippen molar-refractivity contribution in [2.45, 2.75) is 39.0 Å². The highest BCUT2D eigenvalue weighted by Gasteiger charge is 2.22. The first kappa shape index (κ1) is 18.7. The van der Waals surface area contributed by atoms with E-state index in [9.17, 15) is 9.59 Å². The minimum atomic E-state index is -0.292. The lowest BCUT2D eigenvalue weighted by Gasteiger charge is -2.19. The molecular formula is C21H24N4O2S. The predicted molar refractivity (Wildman–Crippen MR) is 110 cm³/mol. The van der Waals surface area contributed by atoms with Crippen LogP contribution in [0.2, 0.25) is 0 Å². The Labute approximate surface area is 167 Å². The van der Waals surface area contributed by atoms with Crippen LogP contribution in [-0.4, -0.2) is 21.4 Å². The highest BCUT2D eigenvalue weighted by molar-refractivity contribution is 7.14. The summed E-state index contributed by atoms with van der Waals surface area (Å²) in [5.41, 5.74) is 8.18. The fraction of sp³-hybridized carbons (Fsp3) is 0.381. The Morgan fingerprint density at radius 2 is 2.11 bits per heavy atom. The number of hydrazine groups is 1. The van der Waals surface area contributed by atoms with Crippen molar-refractivity contribution in [3.8, 4) is 0 Å².